The van der Waals surface area contributed by atoms with Crippen molar-refractivity contribution in [1.82, 2.24) is 0 Å². The molecule has 0 spiro atoms. The molecule has 0 aromatic heterocycles. The van der Waals surface area contributed by atoms with Crippen LogP contribution in [0.1, 0.15) is 24.5 Å². The smallest absolute Gasteiger partial charge is 0.307 e. The van der Waals surface area contributed by atoms with Gasteiger partial charge in [-0.2, -0.15) is 0 Å². The van der Waals surface area contributed by atoms with Crippen molar-refractivity contribution < 1.29 is 9.53 Å². The number of esters is 1. The van der Waals surface area contributed by atoms with E-state index < -0.39 is 0 Å². The first kappa shape index (κ1) is 22.6. The standard InChI is InChI=1S/C26H28N2O2S/c1-6-15-28(20(4)17-26(29)30-5)24-13-12-23(21-9-7-8-10-22(21)24)27-31-25-14-11-18(2)16-19(25)3/h1,7-14,16,20,27H,15,17H2,2-5H3. The topological polar surface area (TPSA) is 41.6 Å². The fourth-order valence-electron chi connectivity index (χ4n) is 3.66. The molecular formula is C26H28N2O2S. The number of hydrogen-bond donors (Lipinski definition) is 1. The number of anilines is 2. The van der Waals surface area contributed by atoms with E-state index in [9.17, 15) is 4.79 Å². The molecule has 0 amide bonds. The van der Waals surface area contributed by atoms with Gasteiger partial charge in [-0.25, -0.2) is 0 Å². The Labute approximate surface area is 189 Å². The van der Waals surface area contributed by atoms with E-state index in [1.807, 2.05) is 19.1 Å². The molecule has 3 rings (SSSR count). The van der Waals surface area contributed by atoms with E-state index in [0.29, 0.717) is 6.54 Å². The van der Waals surface area contributed by atoms with Gasteiger partial charge in [0.15, 0.2) is 0 Å². The van der Waals surface area contributed by atoms with Crippen molar-refractivity contribution >= 4 is 40.1 Å². The lowest BCUT2D eigenvalue weighted by atomic mass is 10.0. The van der Waals surface area contributed by atoms with Crippen LogP contribution in [0.5, 0.6) is 0 Å². The molecule has 3 aromatic carbocycles. The number of methoxy groups -OCH3 is 1. The molecule has 0 aliphatic rings. The Hall–Kier alpha value is -3.10. The predicted octanol–water partition coefficient (Wildman–Crippen LogP) is 5.97. The van der Waals surface area contributed by atoms with Crippen LogP contribution in [0.3, 0.4) is 0 Å². The van der Waals surface area contributed by atoms with E-state index in [-0.39, 0.29) is 18.4 Å². The van der Waals surface area contributed by atoms with Gasteiger partial charge in [-0.15, -0.1) is 6.42 Å². The van der Waals surface area contributed by atoms with Crippen molar-refractivity contribution in [3.05, 3.63) is 65.7 Å². The number of hydrogen-bond acceptors (Lipinski definition) is 5. The first-order valence-electron chi connectivity index (χ1n) is 10.2. The van der Waals surface area contributed by atoms with E-state index in [1.165, 1.54) is 23.1 Å². The molecule has 0 fully saturated rings. The molecule has 160 valence electrons. The van der Waals surface area contributed by atoms with Gasteiger partial charge in [-0.05, 0) is 56.5 Å². The van der Waals surface area contributed by atoms with Crippen molar-refractivity contribution in [1.29, 1.82) is 0 Å². The molecule has 31 heavy (non-hydrogen) atoms. The highest BCUT2D eigenvalue weighted by Gasteiger charge is 2.20. The first-order valence-corrected chi connectivity index (χ1v) is 11.0. The van der Waals surface area contributed by atoms with Crippen LogP contribution in [0.4, 0.5) is 11.4 Å². The van der Waals surface area contributed by atoms with Crippen LogP contribution >= 0.6 is 11.9 Å². The van der Waals surface area contributed by atoms with Crippen molar-refractivity contribution in [2.24, 2.45) is 0 Å². The molecule has 5 heteroatoms. The average Bonchev–Trinajstić information content (AvgIpc) is 2.76. The Morgan fingerprint density at radius 3 is 2.58 bits per heavy atom. The van der Waals surface area contributed by atoms with Crippen molar-refractivity contribution in [2.75, 3.05) is 23.3 Å². The third kappa shape index (κ3) is 5.34. The minimum absolute atomic E-state index is 0.0877. The van der Waals surface area contributed by atoms with E-state index in [2.05, 4.69) is 71.9 Å². The van der Waals surface area contributed by atoms with Gasteiger partial charge in [-0.1, -0.05) is 47.9 Å². The fourth-order valence-corrected chi connectivity index (χ4v) is 4.41. The molecule has 0 aliphatic heterocycles. The highest BCUT2D eigenvalue weighted by molar-refractivity contribution is 8.00. The zero-order valence-electron chi connectivity index (χ0n) is 18.4. The Morgan fingerprint density at radius 2 is 1.90 bits per heavy atom. The maximum absolute atomic E-state index is 11.8. The quantitative estimate of drug-likeness (QED) is 0.270. The number of terminal acetylenes is 1. The second-order valence-corrected chi connectivity index (χ2v) is 8.46. The number of ether oxygens (including phenoxy) is 1. The number of carbonyl (C=O) groups excluding carboxylic acids is 1. The molecule has 0 aliphatic carbocycles. The maximum atomic E-state index is 11.8. The molecule has 0 saturated carbocycles. The van der Waals surface area contributed by atoms with Crippen LogP contribution in [-0.2, 0) is 9.53 Å². The number of nitrogens with one attached hydrogen (secondary N) is 1. The lowest BCUT2D eigenvalue weighted by Crippen LogP contribution is -2.35. The molecule has 1 atom stereocenters. The fraction of sp³-hybridized carbons (Fsp3) is 0.269. The number of benzene rings is 3. The van der Waals surface area contributed by atoms with E-state index in [4.69, 9.17) is 11.2 Å². The number of rotatable bonds is 8. The highest BCUT2D eigenvalue weighted by Crippen LogP contribution is 2.36. The van der Waals surface area contributed by atoms with Gasteiger partial charge >= 0.3 is 5.97 Å². The van der Waals surface area contributed by atoms with Crippen LogP contribution in [0.15, 0.2) is 59.5 Å². The summed E-state index contributed by atoms with van der Waals surface area (Å²) >= 11 is 1.61. The molecule has 0 saturated heterocycles. The molecule has 4 nitrogen and oxygen atoms in total. The zero-order valence-corrected chi connectivity index (χ0v) is 19.3. The summed E-state index contributed by atoms with van der Waals surface area (Å²) in [6.45, 7) is 6.63. The second-order valence-electron chi connectivity index (χ2n) is 7.61. The number of fused-ring (bicyclic) bond motifs is 1. The van der Waals surface area contributed by atoms with Gasteiger partial charge in [0.2, 0.25) is 0 Å². The summed E-state index contributed by atoms with van der Waals surface area (Å²) in [6.07, 6.45) is 5.93. The van der Waals surface area contributed by atoms with Gasteiger partial charge in [0.25, 0.3) is 0 Å². The second kappa shape index (κ2) is 10.3. The summed E-state index contributed by atoms with van der Waals surface area (Å²) in [6, 6.07) is 18.7. The molecule has 0 radical (unpaired) electrons. The minimum atomic E-state index is -0.248. The molecule has 1 N–H and O–H groups in total. The van der Waals surface area contributed by atoms with E-state index in [0.717, 1.165) is 22.1 Å². The predicted molar refractivity (Wildman–Crippen MR) is 132 cm³/mol. The number of nitrogens with zero attached hydrogens (tertiary/aromatic N) is 1. The number of carbonyl (C=O) groups is 1. The monoisotopic (exact) mass is 432 g/mol. The van der Waals surface area contributed by atoms with Gasteiger partial charge in [0.05, 0.1) is 25.8 Å². The minimum Gasteiger partial charge on any atom is -0.469 e. The Bertz CT molecular complexity index is 1120. The van der Waals surface area contributed by atoms with Crippen molar-refractivity contribution in [3.8, 4) is 12.3 Å². The summed E-state index contributed by atoms with van der Waals surface area (Å²) in [5.74, 6) is 2.48. The zero-order chi connectivity index (χ0) is 22.4. The van der Waals surface area contributed by atoms with Crippen LogP contribution < -0.4 is 9.62 Å². The van der Waals surface area contributed by atoms with Crippen LogP contribution in [0.25, 0.3) is 10.8 Å². The normalized spacial score (nSPS) is 11.6. The van der Waals surface area contributed by atoms with Crippen molar-refractivity contribution in [3.63, 3.8) is 0 Å². The van der Waals surface area contributed by atoms with Gasteiger partial charge < -0.3 is 14.4 Å². The molecule has 1 unspecified atom stereocenters. The summed E-state index contributed by atoms with van der Waals surface area (Å²) < 4.78 is 8.37. The van der Waals surface area contributed by atoms with Gasteiger partial charge in [0.1, 0.15) is 0 Å². The van der Waals surface area contributed by atoms with E-state index >= 15 is 0 Å². The van der Waals surface area contributed by atoms with Gasteiger partial charge in [0, 0.05) is 27.4 Å². The highest BCUT2D eigenvalue weighted by atomic mass is 32.2. The lowest BCUT2D eigenvalue weighted by Gasteiger charge is -2.30. The molecule has 0 heterocycles. The van der Waals surface area contributed by atoms with Gasteiger partial charge in [-0.3, -0.25) is 4.79 Å². The largest absolute Gasteiger partial charge is 0.469 e. The lowest BCUT2D eigenvalue weighted by molar-refractivity contribution is -0.140. The SMILES string of the molecule is C#CCN(c1ccc(NSc2ccc(C)cc2C)c2ccccc12)C(C)CC(=O)OC. The summed E-state index contributed by atoms with van der Waals surface area (Å²) in [7, 11) is 1.41. The molecule has 3 aromatic rings. The summed E-state index contributed by atoms with van der Waals surface area (Å²) in [4.78, 5) is 15.1. The summed E-state index contributed by atoms with van der Waals surface area (Å²) in [5.41, 5.74) is 4.54. The van der Waals surface area contributed by atoms with Crippen LogP contribution in [0, 0.1) is 26.2 Å². The Balaban J connectivity index is 1.94. The maximum Gasteiger partial charge on any atom is 0.307 e. The third-order valence-electron chi connectivity index (χ3n) is 5.30. The summed E-state index contributed by atoms with van der Waals surface area (Å²) in [5, 5.41) is 2.19. The third-order valence-corrected chi connectivity index (χ3v) is 6.30. The first-order chi connectivity index (χ1) is 14.9. The molecule has 0 bridgehead atoms. The van der Waals surface area contributed by atoms with Crippen LogP contribution in [0.2, 0.25) is 0 Å². The van der Waals surface area contributed by atoms with Crippen LogP contribution in [-0.4, -0.2) is 25.7 Å². The van der Waals surface area contributed by atoms with E-state index in [1.54, 1.807) is 11.9 Å². The Kier molecular flexibility index (Phi) is 7.49. The Morgan fingerprint density at radius 1 is 1.16 bits per heavy atom. The molecular weight excluding hydrogens is 404 g/mol. The number of aryl methyl sites for hydroxylation is 2. The van der Waals surface area contributed by atoms with Crippen molar-refractivity contribution in [2.45, 2.75) is 38.1 Å². The average molecular weight is 433 g/mol.